The van der Waals surface area contributed by atoms with Crippen molar-refractivity contribution < 1.29 is 19.0 Å². The number of ether oxygens (including phenoxy) is 3. The Hall–Kier alpha value is -2.90. The van der Waals surface area contributed by atoms with Gasteiger partial charge in [-0.25, -0.2) is 0 Å². The van der Waals surface area contributed by atoms with E-state index >= 15 is 0 Å². The van der Waals surface area contributed by atoms with Gasteiger partial charge >= 0.3 is 0 Å². The summed E-state index contributed by atoms with van der Waals surface area (Å²) >= 11 is 0. The molecule has 0 aliphatic carbocycles. The Bertz CT molecular complexity index is 867. The van der Waals surface area contributed by atoms with Crippen LogP contribution in [0.2, 0.25) is 0 Å². The predicted molar refractivity (Wildman–Crippen MR) is 125 cm³/mol. The molecule has 1 saturated heterocycles. The topological polar surface area (TPSA) is 64.1 Å². The molecule has 0 N–H and O–H groups in total. The standard InChI is InChI=1S/C25H33N3O4/c1-3-32-24-19-21(5-7-23(24)30-2)6-8-25(29)28(20-22-9-11-26-12-10-22)14-4-13-27-15-17-31-18-16-27/h5-12,19H,3-4,13-18,20H2,1-2H3/b8-6+. The first-order valence-electron chi connectivity index (χ1n) is 11.2. The van der Waals surface area contributed by atoms with Crippen molar-refractivity contribution in [2.45, 2.75) is 19.9 Å². The van der Waals surface area contributed by atoms with E-state index in [2.05, 4.69) is 9.88 Å². The third-order valence-electron chi connectivity index (χ3n) is 5.35. The van der Waals surface area contributed by atoms with Crippen molar-refractivity contribution in [2.24, 2.45) is 0 Å². The largest absolute Gasteiger partial charge is 0.493 e. The van der Waals surface area contributed by atoms with Crippen LogP contribution in [0.1, 0.15) is 24.5 Å². The highest BCUT2D eigenvalue weighted by Gasteiger charge is 2.14. The number of rotatable bonds is 11. The molecule has 1 aromatic carbocycles. The molecular formula is C25H33N3O4. The minimum atomic E-state index is -0.0161. The number of amides is 1. The number of hydrogen-bond acceptors (Lipinski definition) is 6. The Morgan fingerprint density at radius 2 is 1.97 bits per heavy atom. The third kappa shape index (κ3) is 7.35. The van der Waals surface area contributed by atoms with Crippen LogP contribution in [0, 0.1) is 0 Å². The van der Waals surface area contributed by atoms with Crippen LogP contribution in [0.15, 0.2) is 48.8 Å². The maximum absolute atomic E-state index is 13.1. The molecule has 0 spiro atoms. The summed E-state index contributed by atoms with van der Waals surface area (Å²) in [5.74, 6) is 1.33. The number of carbonyl (C=O) groups excluding carboxylic acids is 1. The number of carbonyl (C=O) groups is 1. The molecule has 0 radical (unpaired) electrons. The molecule has 0 atom stereocenters. The van der Waals surface area contributed by atoms with Crippen molar-refractivity contribution in [3.8, 4) is 11.5 Å². The second-order valence-corrected chi connectivity index (χ2v) is 7.60. The average molecular weight is 440 g/mol. The summed E-state index contributed by atoms with van der Waals surface area (Å²) in [7, 11) is 1.62. The van der Waals surface area contributed by atoms with Crippen molar-refractivity contribution in [3.63, 3.8) is 0 Å². The lowest BCUT2D eigenvalue weighted by atomic mass is 10.1. The highest BCUT2D eigenvalue weighted by molar-refractivity contribution is 5.91. The maximum atomic E-state index is 13.1. The first kappa shape index (κ1) is 23.8. The van der Waals surface area contributed by atoms with Gasteiger partial charge in [0.05, 0.1) is 26.9 Å². The zero-order valence-electron chi connectivity index (χ0n) is 19.0. The first-order chi connectivity index (χ1) is 15.7. The van der Waals surface area contributed by atoms with E-state index in [0.29, 0.717) is 31.2 Å². The van der Waals surface area contributed by atoms with Gasteiger partial charge in [0.15, 0.2) is 11.5 Å². The molecule has 3 rings (SSSR count). The molecule has 7 heteroatoms. The van der Waals surface area contributed by atoms with Crippen LogP contribution in [0.5, 0.6) is 11.5 Å². The van der Waals surface area contributed by atoms with Gasteiger partial charge in [-0.2, -0.15) is 0 Å². The third-order valence-corrected chi connectivity index (χ3v) is 5.35. The van der Waals surface area contributed by atoms with Crippen LogP contribution in [-0.4, -0.2) is 73.8 Å². The van der Waals surface area contributed by atoms with Gasteiger partial charge in [0.25, 0.3) is 0 Å². The Morgan fingerprint density at radius 1 is 1.19 bits per heavy atom. The van der Waals surface area contributed by atoms with E-state index in [-0.39, 0.29) is 5.91 Å². The van der Waals surface area contributed by atoms with Crippen LogP contribution < -0.4 is 9.47 Å². The Morgan fingerprint density at radius 3 is 2.69 bits per heavy atom. The van der Waals surface area contributed by atoms with Gasteiger partial charge in [-0.3, -0.25) is 14.7 Å². The Kier molecular flexibility index (Phi) is 9.53. The number of benzene rings is 1. The van der Waals surface area contributed by atoms with Gasteiger partial charge < -0.3 is 19.1 Å². The van der Waals surface area contributed by atoms with E-state index < -0.39 is 0 Å². The fraction of sp³-hybridized carbons (Fsp3) is 0.440. The second-order valence-electron chi connectivity index (χ2n) is 7.60. The molecule has 0 saturated carbocycles. The molecule has 1 aliphatic rings. The van der Waals surface area contributed by atoms with Crippen LogP contribution in [-0.2, 0) is 16.1 Å². The molecule has 7 nitrogen and oxygen atoms in total. The Balaban J connectivity index is 1.65. The fourth-order valence-corrected chi connectivity index (χ4v) is 3.62. The van der Waals surface area contributed by atoms with Crippen molar-refractivity contribution in [2.75, 3.05) is 53.1 Å². The molecular weight excluding hydrogens is 406 g/mol. The first-order valence-corrected chi connectivity index (χ1v) is 11.2. The number of morpholine rings is 1. The minimum absolute atomic E-state index is 0.0161. The van der Waals surface area contributed by atoms with Crippen molar-refractivity contribution in [1.29, 1.82) is 0 Å². The second kappa shape index (κ2) is 12.8. The predicted octanol–water partition coefficient (Wildman–Crippen LogP) is 3.25. The van der Waals surface area contributed by atoms with Crippen molar-refractivity contribution >= 4 is 12.0 Å². The van der Waals surface area contributed by atoms with Crippen molar-refractivity contribution in [3.05, 3.63) is 59.9 Å². The van der Waals surface area contributed by atoms with Gasteiger partial charge in [0.1, 0.15) is 0 Å². The van der Waals surface area contributed by atoms with E-state index in [0.717, 1.165) is 50.4 Å². The zero-order chi connectivity index (χ0) is 22.6. The highest BCUT2D eigenvalue weighted by Crippen LogP contribution is 2.28. The lowest BCUT2D eigenvalue weighted by Gasteiger charge is -2.28. The van der Waals surface area contributed by atoms with Crippen LogP contribution in [0.25, 0.3) is 6.08 Å². The Labute approximate surface area is 190 Å². The average Bonchev–Trinajstić information content (AvgIpc) is 2.83. The molecule has 1 fully saturated rings. The van der Waals surface area contributed by atoms with E-state index in [1.165, 1.54) is 0 Å². The molecule has 0 bridgehead atoms. The molecule has 32 heavy (non-hydrogen) atoms. The molecule has 2 heterocycles. The molecule has 1 aliphatic heterocycles. The summed E-state index contributed by atoms with van der Waals surface area (Å²) in [6, 6.07) is 9.55. The number of hydrogen-bond donors (Lipinski definition) is 0. The fourth-order valence-electron chi connectivity index (χ4n) is 3.62. The molecule has 0 unspecified atom stereocenters. The quantitative estimate of drug-likeness (QED) is 0.501. The van der Waals surface area contributed by atoms with Gasteiger partial charge in [0.2, 0.25) is 5.91 Å². The van der Waals surface area contributed by atoms with E-state index in [9.17, 15) is 4.79 Å². The summed E-state index contributed by atoms with van der Waals surface area (Å²) in [5, 5.41) is 0. The zero-order valence-corrected chi connectivity index (χ0v) is 19.0. The summed E-state index contributed by atoms with van der Waals surface area (Å²) in [5.41, 5.74) is 1.95. The number of methoxy groups -OCH3 is 1. The number of nitrogens with zero attached hydrogens (tertiary/aromatic N) is 3. The smallest absolute Gasteiger partial charge is 0.246 e. The van der Waals surface area contributed by atoms with E-state index in [4.69, 9.17) is 14.2 Å². The molecule has 2 aromatic rings. The maximum Gasteiger partial charge on any atom is 0.246 e. The summed E-state index contributed by atoms with van der Waals surface area (Å²) in [6.07, 6.45) is 7.89. The monoisotopic (exact) mass is 439 g/mol. The van der Waals surface area contributed by atoms with Crippen LogP contribution in [0.3, 0.4) is 0 Å². The normalized spacial score (nSPS) is 14.4. The molecule has 172 valence electrons. The van der Waals surface area contributed by atoms with Gasteiger partial charge in [0, 0.05) is 51.2 Å². The minimum Gasteiger partial charge on any atom is -0.493 e. The van der Waals surface area contributed by atoms with Crippen molar-refractivity contribution in [1.82, 2.24) is 14.8 Å². The SMILES string of the molecule is CCOc1cc(/C=C/C(=O)N(CCCN2CCOCC2)Cc2ccncc2)ccc1OC. The van der Waals surface area contributed by atoms with E-state index in [1.807, 2.05) is 48.2 Å². The highest BCUT2D eigenvalue weighted by atomic mass is 16.5. The summed E-state index contributed by atoms with van der Waals surface area (Å²) < 4.78 is 16.4. The molecule has 1 amide bonds. The number of pyridine rings is 1. The van der Waals surface area contributed by atoms with Crippen LogP contribution >= 0.6 is 0 Å². The lowest BCUT2D eigenvalue weighted by Crippen LogP contribution is -2.38. The summed E-state index contributed by atoms with van der Waals surface area (Å²) in [6.45, 7) is 8.17. The van der Waals surface area contributed by atoms with Gasteiger partial charge in [-0.15, -0.1) is 0 Å². The summed E-state index contributed by atoms with van der Waals surface area (Å²) in [4.78, 5) is 21.4. The van der Waals surface area contributed by atoms with E-state index in [1.54, 1.807) is 25.6 Å². The van der Waals surface area contributed by atoms with Gasteiger partial charge in [-0.1, -0.05) is 6.07 Å². The van der Waals surface area contributed by atoms with Crippen LogP contribution in [0.4, 0.5) is 0 Å². The van der Waals surface area contributed by atoms with Gasteiger partial charge in [-0.05, 0) is 54.8 Å². The number of aromatic nitrogens is 1. The molecule has 1 aromatic heterocycles. The lowest BCUT2D eigenvalue weighted by molar-refractivity contribution is -0.126.